The molecule has 1 fully saturated rings. The molecule has 0 unspecified atom stereocenters. The minimum absolute atomic E-state index is 0.0248. The maximum absolute atomic E-state index is 12.1. The molecule has 0 aromatic carbocycles. The standard InChI is InChI=1S/C16H19N3O2S/c20-9-11-4-3-6-13(11)19-15(21)8-12-10-22-16(18-12)14-5-1-2-7-17-14/h1-2,5,7,10-11,13,20H,3-4,6,8-9H2,(H,19,21)/t11-,13-/m0/s1. The van der Waals surface area contributed by atoms with Gasteiger partial charge in [-0.25, -0.2) is 4.98 Å². The third kappa shape index (κ3) is 3.51. The molecule has 116 valence electrons. The number of rotatable bonds is 5. The van der Waals surface area contributed by atoms with Gasteiger partial charge in [0.05, 0.1) is 17.8 Å². The molecule has 1 aliphatic carbocycles. The number of amides is 1. The van der Waals surface area contributed by atoms with Crippen molar-refractivity contribution in [2.75, 3.05) is 6.61 Å². The van der Waals surface area contributed by atoms with Crippen molar-refractivity contribution >= 4 is 17.2 Å². The third-order valence-electron chi connectivity index (χ3n) is 4.02. The fourth-order valence-corrected chi connectivity index (χ4v) is 3.66. The van der Waals surface area contributed by atoms with Crippen LogP contribution in [0.25, 0.3) is 10.7 Å². The molecule has 1 amide bonds. The van der Waals surface area contributed by atoms with Crippen LogP contribution >= 0.6 is 11.3 Å². The second kappa shape index (κ2) is 6.98. The first-order valence-corrected chi connectivity index (χ1v) is 8.40. The number of pyridine rings is 1. The molecule has 0 saturated heterocycles. The van der Waals surface area contributed by atoms with E-state index in [2.05, 4.69) is 15.3 Å². The number of nitrogens with zero attached hydrogens (tertiary/aromatic N) is 2. The summed E-state index contributed by atoms with van der Waals surface area (Å²) < 4.78 is 0. The third-order valence-corrected chi connectivity index (χ3v) is 4.93. The van der Waals surface area contributed by atoms with Gasteiger partial charge in [0.25, 0.3) is 0 Å². The van der Waals surface area contributed by atoms with Gasteiger partial charge in [-0.15, -0.1) is 11.3 Å². The van der Waals surface area contributed by atoms with E-state index < -0.39 is 0 Å². The van der Waals surface area contributed by atoms with Crippen LogP contribution in [-0.4, -0.2) is 33.6 Å². The molecule has 0 bridgehead atoms. The zero-order valence-corrected chi connectivity index (χ0v) is 13.1. The van der Waals surface area contributed by atoms with Crippen LogP contribution in [0.5, 0.6) is 0 Å². The van der Waals surface area contributed by atoms with Crippen molar-refractivity contribution in [1.29, 1.82) is 0 Å². The highest BCUT2D eigenvalue weighted by Gasteiger charge is 2.27. The second-order valence-electron chi connectivity index (χ2n) is 5.58. The summed E-state index contributed by atoms with van der Waals surface area (Å²) in [5.74, 6) is 0.173. The van der Waals surface area contributed by atoms with Crippen molar-refractivity contribution in [3.05, 3.63) is 35.5 Å². The molecule has 0 radical (unpaired) electrons. The van der Waals surface area contributed by atoms with Crippen LogP contribution in [0.1, 0.15) is 25.0 Å². The molecule has 0 aliphatic heterocycles. The van der Waals surface area contributed by atoms with E-state index in [4.69, 9.17) is 0 Å². The Hall–Kier alpha value is -1.79. The largest absolute Gasteiger partial charge is 0.396 e. The Bertz CT molecular complexity index is 629. The number of thiazole rings is 1. The highest BCUT2D eigenvalue weighted by molar-refractivity contribution is 7.13. The zero-order chi connectivity index (χ0) is 15.4. The molecule has 2 aromatic rings. The molecule has 3 rings (SSSR count). The van der Waals surface area contributed by atoms with Crippen LogP contribution < -0.4 is 5.32 Å². The summed E-state index contributed by atoms with van der Waals surface area (Å²) in [7, 11) is 0. The molecule has 2 heterocycles. The summed E-state index contributed by atoms with van der Waals surface area (Å²) in [6, 6.07) is 5.80. The van der Waals surface area contributed by atoms with Crippen molar-refractivity contribution in [1.82, 2.24) is 15.3 Å². The predicted octanol–water partition coefficient (Wildman–Crippen LogP) is 2.02. The van der Waals surface area contributed by atoms with Crippen LogP contribution in [0.4, 0.5) is 0 Å². The predicted molar refractivity (Wildman–Crippen MR) is 85.4 cm³/mol. The van der Waals surface area contributed by atoms with Crippen LogP contribution in [-0.2, 0) is 11.2 Å². The van der Waals surface area contributed by atoms with Gasteiger partial charge in [-0.1, -0.05) is 12.5 Å². The Labute approximate surface area is 133 Å². The summed E-state index contributed by atoms with van der Waals surface area (Å²) in [6.07, 6.45) is 5.02. The number of aliphatic hydroxyl groups is 1. The second-order valence-corrected chi connectivity index (χ2v) is 6.44. The Morgan fingerprint density at radius 2 is 2.32 bits per heavy atom. The lowest BCUT2D eigenvalue weighted by atomic mass is 10.1. The normalized spacial score (nSPS) is 21.0. The lowest BCUT2D eigenvalue weighted by molar-refractivity contribution is -0.121. The Morgan fingerprint density at radius 3 is 3.09 bits per heavy atom. The molecule has 2 aromatic heterocycles. The summed E-state index contributed by atoms with van der Waals surface area (Å²) in [5, 5.41) is 15.1. The molecule has 2 N–H and O–H groups in total. The van der Waals surface area contributed by atoms with Gasteiger partial charge in [-0.2, -0.15) is 0 Å². The first kappa shape index (κ1) is 15.1. The van der Waals surface area contributed by atoms with Crippen molar-refractivity contribution in [2.24, 2.45) is 5.92 Å². The minimum atomic E-state index is -0.0248. The topological polar surface area (TPSA) is 75.1 Å². The fraction of sp³-hybridized carbons (Fsp3) is 0.438. The molecule has 5 nitrogen and oxygen atoms in total. The maximum atomic E-state index is 12.1. The number of aromatic nitrogens is 2. The van der Waals surface area contributed by atoms with Crippen molar-refractivity contribution in [3.8, 4) is 10.7 Å². The molecule has 1 aliphatic rings. The quantitative estimate of drug-likeness (QED) is 0.885. The van der Waals surface area contributed by atoms with Crippen LogP contribution in [0.3, 0.4) is 0 Å². The monoisotopic (exact) mass is 317 g/mol. The smallest absolute Gasteiger partial charge is 0.226 e. The van der Waals surface area contributed by atoms with Crippen molar-refractivity contribution < 1.29 is 9.90 Å². The number of hydrogen-bond acceptors (Lipinski definition) is 5. The number of aliphatic hydroxyl groups excluding tert-OH is 1. The van der Waals surface area contributed by atoms with Gasteiger partial charge >= 0.3 is 0 Å². The van der Waals surface area contributed by atoms with E-state index in [1.54, 1.807) is 6.20 Å². The molecule has 0 spiro atoms. The lowest BCUT2D eigenvalue weighted by Gasteiger charge is -2.18. The van der Waals surface area contributed by atoms with Gasteiger partial charge in [0, 0.05) is 30.1 Å². The van der Waals surface area contributed by atoms with Crippen LogP contribution in [0.15, 0.2) is 29.8 Å². The van der Waals surface area contributed by atoms with E-state index in [1.807, 2.05) is 23.6 Å². The first-order valence-electron chi connectivity index (χ1n) is 7.52. The molecule has 6 heteroatoms. The zero-order valence-electron chi connectivity index (χ0n) is 12.2. The summed E-state index contributed by atoms with van der Waals surface area (Å²) in [6.45, 7) is 0.144. The number of nitrogens with one attached hydrogen (secondary N) is 1. The van der Waals surface area contributed by atoms with Crippen LogP contribution in [0, 0.1) is 5.92 Å². The number of carbonyl (C=O) groups is 1. The Balaban J connectivity index is 1.59. The van der Waals surface area contributed by atoms with Crippen molar-refractivity contribution in [3.63, 3.8) is 0 Å². The number of carbonyl (C=O) groups excluding carboxylic acids is 1. The lowest BCUT2D eigenvalue weighted by Crippen LogP contribution is -2.39. The van der Waals surface area contributed by atoms with Gasteiger partial charge in [0.15, 0.2) is 0 Å². The SMILES string of the molecule is O=C(Cc1csc(-c2ccccn2)n1)N[C@H]1CCC[C@H]1CO. The van der Waals surface area contributed by atoms with Gasteiger partial charge < -0.3 is 10.4 Å². The van der Waals surface area contributed by atoms with Gasteiger partial charge in [-0.05, 0) is 25.0 Å². The van der Waals surface area contributed by atoms with E-state index in [-0.39, 0.29) is 30.9 Å². The van der Waals surface area contributed by atoms with E-state index in [9.17, 15) is 9.90 Å². The molecular weight excluding hydrogens is 298 g/mol. The molecule has 22 heavy (non-hydrogen) atoms. The average Bonchev–Trinajstić information content (AvgIpc) is 3.17. The van der Waals surface area contributed by atoms with E-state index in [0.717, 1.165) is 35.7 Å². The maximum Gasteiger partial charge on any atom is 0.226 e. The average molecular weight is 317 g/mol. The molecule has 1 saturated carbocycles. The van der Waals surface area contributed by atoms with Gasteiger partial charge in [0.1, 0.15) is 5.01 Å². The van der Waals surface area contributed by atoms with E-state index >= 15 is 0 Å². The minimum Gasteiger partial charge on any atom is -0.396 e. The Morgan fingerprint density at radius 1 is 1.41 bits per heavy atom. The van der Waals surface area contributed by atoms with Gasteiger partial charge in [-0.3, -0.25) is 9.78 Å². The van der Waals surface area contributed by atoms with Crippen LogP contribution in [0.2, 0.25) is 0 Å². The summed E-state index contributed by atoms with van der Waals surface area (Å²) in [4.78, 5) is 20.9. The molecular formula is C16H19N3O2S. The summed E-state index contributed by atoms with van der Waals surface area (Å²) in [5.41, 5.74) is 1.59. The van der Waals surface area contributed by atoms with Crippen molar-refractivity contribution in [2.45, 2.75) is 31.7 Å². The van der Waals surface area contributed by atoms with E-state index in [0.29, 0.717) is 0 Å². The highest BCUT2D eigenvalue weighted by Crippen LogP contribution is 2.25. The highest BCUT2D eigenvalue weighted by atomic mass is 32.1. The molecule has 2 atom stereocenters. The first-order chi connectivity index (χ1) is 10.8. The number of hydrogen-bond donors (Lipinski definition) is 2. The van der Waals surface area contributed by atoms with E-state index in [1.165, 1.54) is 11.3 Å². The fourth-order valence-electron chi connectivity index (χ4n) is 2.86. The Kier molecular flexibility index (Phi) is 4.80. The summed E-state index contributed by atoms with van der Waals surface area (Å²) >= 11 is 1.50. The van der Waals surface area contributed by atoms with Gasteiger partial charge in [0.2, 0.25) is 5.91 Å².